The Morgan fingerprint density at radius 2 is 1.67 bits per heavy atom. The molecule has 0 radical (unpaired) electrons. The van der Waals surface area contributed by atoms with E-state index in [2.05, 4.69) is 26.0 Å². The second kappa shape index (κ2) is 5.98. The van der Waals surface area contributed by atoms with Crippen molar-refractivity contribution in [1.82, 2.24) is 0 Å². The van der Waals surface area contributed by atoms with Crippen LogP contribution in [0.15, 0.2) is 45.8 Å². The Labute approximate surface area is 129 Å². The molecule has 0 aliphatic rings. The standard InChI is InChI=1S/C13H11BrF2N2O2S/c1-17-8-2-4-9(5-3-8)21(19,20)18-13-6-10(14)11(15)7-12(13)16/h2-7,17-18H,1H3. The molecular formula is C13H11BrF2N2O2S. The minimum absolute atomic E-state index is 0.0265. The van der Waals surface area contributed by atoms with Crippen molar-refractivity contribution in [3.63, 3.8) is 0 Å². The maximum absolute atomic E-state index is 13.6. The third-order valence-corrected chi connectivity index (χ3v) is 4.70. The summed E-state index contributed by atoms with van der Waals surface area (Å²) < 4.78 is 53.1. The van der Waals surface area contributed by atoms with Crippen molar-refractivity contribution in [2.75, 3.05) is 17.1 Å². The lowest BCUT2D eigenvalue weighted by atomic mass is 10.3. The van der Waals surface area contributed by atoms with Crippen molar-refractivity contribution >= 4 is 37.3 Å². The second-order valence-electron chi connectivity index (χ2n) is 4.13. The fourth-order valence-corrected chi connectivity index (χ4v) is 3.01. The molecule has 2 N–H and O–H groups in total. The number of hydrogen-bond donors (Lipinski definition) is 2. The molecule has 0 spiro atoms. The quantitative estimate of drug-likeness (QED) is 0.801. The van der Waals surface area contributed by atoms with Crippen LogP contribution >= 0.6 is 15.9 Å². The maximum atomic E-state index is 13.6. The van der Waals surface area contributed by atoms with Gasteiger partial charge in [0, 0.05) is 18.8 Å². The highest BCUT2D eigenvalue weighted by molar-refractivity contribution is 9.10. The Morgan fingerprint density at radius 1 is 1.05 bits per heavy atom. The number of hydrogen-bond acceptors (Lipinski definition) is 3. The van der Waals surface area contributed by atoms with Crippen molar-refractivity contribution in [2.24, 2.45) is 0 Å². The molecule has 2 rings (SSSR count). The van der Waals surface area contributed by atoms with Gasteiger partial charge < -0.3 is 5.32 Å². The number of nitrogens with one attached hydrogen (secondary N) is 2. The van der Waals surface area contributed by atoms with E-state index in [0.29, 0.717) is 6.07 Å². The third kappa shape index (κ3) is 3.51. The summed E-state index contributed by atoms with van der Waals surface area (Å²) in [5, 5.41) is 2.86. The van der Waals surface area contributed by atoms with E-state index in [1.807, 2.05) is 0 Å². The van der Waals surface area contributed by atoms with Crippen LogP contribution in [0.4, 0.5) is 20.2 Å². The first-order valence-electron chi connectivity index (χ1n) is 5.78. The van der Waals surface area contributed by atoms with E-state index in [1.165, 1.54) is 12.1 Å². The molecule has 0 fully saturated rings. The molecule has 0 amide bonds. The van der Waals surface area contributed by atoms with Crippen LogP contribution in [-0.2, 0) is 10.0 Å². The van der Waals surface area contributed by atoms with Crippen molar-refractivity contribution in [1.29, 1.82) is 0 Å². The highest BCUT2D eigenvalue weighted by atomic mass is 79.9. The highest BCUT2D eigenvalue weighted by Crippen LogP contribution is 2.26. The van der Waals surface area contributed by atoms with E-state index >= 15 is 0 Å². The van der Waals surface area contributed by atoms with Crippen molar-refractivity contribution in [2.45, 2.75) is 4.90 Å². The van der Waals surface area contributed by atoms with Gasteiger partial charge in [0.2, 0.25) is 0 Å². The van der Waals surface area contributed by atoms with Gasteiger partial charge in [-0.15, -0.1) is 0 Å². The third-order valence-electron chi connectivity index (χ3n) is 2.71. The smallest absolute Gasteiger partial charge is 0.261 e. The van der Waals surface area contributed by atoms with Crippen LogP contribution in [-0.4, -0.2) is 15.5 Å². The molecule has 112 valence electrons. The number of anilines is 2. The van der Waals surface area contributed by atoms with E-state index in [1.54, 1.807) is 19.2 Å². The van der Waals surface area contributed by atoms with Crippen LogP contribution in [0.2, 0.25) is 0 Å². The van der Waals surface area contributed by atoms with Crippen LogP contribution in [0, 0.1) is 11.6 Å². The zero-order chi connectivity index (χ0) is 15.6. The second-order valence-corrected chi connectivity index (χ2v) is 6.66. The van der Waals surface area contributed by atoms with Gasteiger partial charge >= 0.3 is 0 Å². The molecule has 0 bridgehead atoms. The predicted octanol–water partition coefficient (Wildman–Crippen LogP) is 3.57. The molecule has 0 heterocycles. The first-order chi connectivity index (χ1) is 9.83. The molecule has 2 aromatic rings. The van der Waals surface area contributed by atoms with Gasteiger partial charge in [0.25, 0.3) is 10.0 Å². The summed E-state index contributed by atoms with van der Waals surface area (Å²) in [7, 11) is -2.25. The number of sulfonamides is 1. The Kier molecular flexibility index (Phi) is 4.48. The molecule has 0 aliphatic heterocycles. The molecule has 0 unspecified atom stereocenters. The molecule has 8 heteroatoms. The Morgan fingerprint density at radius 3 is 2.24 bits per heavy atom. The normalized spacial score (nSPS) is 11.2. The highest BCUT2D eigenvalue weighted by Gasteiger charge is 2.17. The van der Waals surface area contributed by atoms with E-state index in [4.69, 9.17) is 0 Å². The Hall–Kier alpha value is -1.67. The summed E-state index contributed by atoms with van der Waals surface area (Å²) in [4.78, 5) is -0.0265. The summed E-state index contributed by atoms with van der Waals surface area (Å²) in [5.74, 6) is -1.81. The monoisotopic (exact) mass is 376 g/mol. The lowest BCUT2D eigenvalue weighted by Crippen LogP contribution is -2.14. The van der Waals surface area contributed by atoms with Crippen LogP contribution in [0.3, 0.4) is 0 Å². The Balaban J connectivity index is 2.34. The SMILES string of the molecule is CNc1ccc(S(=O)(=O)Nc2cc(Br)c(F)cc2F)cc1. The first-order valence-corrected chi connectivity index (χ1v) is 8.06. The molecule has 0 saturated carbocycles. The fraction of sp³-hybridized carbons (Fsp3) is 0.0769. The first kappa shape index (κ1) is 15.7. The van der Waals surface area contributed by atoms with Gasteiger partial charge in [-0.05, 0) is 46.3 Å². The largest absolute Gasteiger partial charge is 0.388 e. The van der Waals surface area contributed by atoms with Crippen molar-refractivity contribution in [3.05, 3.63) is 52.5 Å². The van der Waals surface area contributed by atoms with Gasteiger partial charge in [0.1, 0.15) is 11.6 Å². The number of benzene rings is 2. The van der Waals surface area contributed by atoms with E-state index in [-0.39, 0.29) is 15.1 Å². The van der Waals surface area contributed by atoms with Gasteiger partial charge in [0.15, 0.2) is 0 Å². The van der Waals surface area contributed by atoms with Gasteiger partial charge in [-0.2, -0.15) is 0 Å². The zero-order valence-electron chi connectivity index (χ0n) is 10.8. The topological polar surface area (TPSA) is 58.2 Å². The Bertz CT molecular complexity index is 764. The summed E-state index contributed by atoms with van der Waals surface area (Å²) in [6.45, 7) is 0. The lowest BCUT2D eigenvalue weighted by molar-refractivity contribution is 0.579. The fourth-order valence-electron chi connectivity index (χ4n) is 1.61. The minimum atomic E-state index is -3.95. The zero-order valence-corrected chi connectivity index (χ0v) is 13.2. The maximum Gasteiger partial charge on any atom is 0.261 e. The van der Waals surface area contributed by atoms with Crippen LogP contribution in [0.5, 0.6) is 0 Å². The summed E-state index contributed by atoms with van der Waals surface area (Å²) in [6.07, 6.45) is 0. The van der Waals surface area contributed by atoms with Crippen molar-refractivity contribution in [3.8, 4) is 0 Å². The molecule has 2 aromatic carbocycles. The van der Waals surface area contributed by atoms with Crippen LogP contribution < -0.4 is 10.0 Å². The van der Waals surface area contributed by atoms with E-state index in [0.717, 1.165) is 11.8 Å². The lowest BCUT2D eigenvalue weighted by Gasteiger charge is -2.10. The molecule has 0 aliphatic carbocycles. The average molecular weight is 377 g/mol. The number of halogens is 3. The van der Waals surface area contributed by atoms with Gasteiger partial charge in [-0.25, -0.2) is 17.2 Å². The summed E-state index contributed by atoms with van der Waals surface area (Å²) in [5.41, 5.74) is 0.408. The number of rotatable bonds is 4. The minimum Gasteiger partial charge on any atom is -0.388 e. The molecule has 21 heavy (non-hydrogen) atoms. The summed E-state index contributed by atoms with van der Waals surface area (Å²) in [6, 6.07) is 7.54. The van der Waals surface area contributed by atoms with E-state index in [9.17, 15) is 17.2 Å². The van der Waals surface area contributed by atoms with Crippen LogP contribution in [0.1, 0.15) is 0 Å². The molecule has 0 atom stereocenters. The van der Waals surface area contributed by atoms with Gasteiger partial charge in [0.05, 0.1) is 15.1 Å². The van der Waals surface area contributed by atoms with Crippen LogP contribution in [0.25, 0.3) is 0 Å². The van der Waals surface area contributed by atoms with Gasteiger partial charge in [-0.3, -0.25) is 4.72 Å². The predicted molar refractivity (Wildman–Crippen MR) is 80.9 cm³/mol. The molecule has 0 saturated heterocycles. The van der Waals surface area contributed by atoms with Gasteiger partial charge in [-0.1, -0.05) is 0 Å². The molecule has 0 aromatic heterocycles. The molecular weight excluding hydrogens is 366 g/mol. The summed E-state index contributed by atoms with van der Waals surface area (Å²) >= 11 is 2.88. The van der Waals surface area contributed by atoms with E-state index < -0.39 is 21.7 Å². The molecule has 4 nitrogen and oxygen atoms in total. The van der Waals surface area contributed by atoms with Crippen molar-refractivity contribution < 1.29 is 17.2 Å². The average Bonchev–Trinajstić information content (AvgIpc) is 2.44.